The van der Waals surface area contributed by atoms with Crippen LogP contribution in [0.1, 0.15) is 15.9 Å². The molecule has 0 aliphatic heterocycles. The van der Waals surface area contributed by atoms with Crippen molar-refractivity contribution in [3.63, 3.8) is 0 Å². The molecular weight excluding hydrogens is 288 g/mol. The molecule has 18 heavy (non-hydrogen) atoms. The van der Waals surface area contributed by atoms with Gasteiger partial charge in [-0.15, -0.1) is 0 Å². The summed E-state index contributed by atoms with van der Waals surface area (Å²) in [6, 6.07) is 6.77. The van der Waals surface area contributed by atoms with Gasteiger partial charge in [-0.2, -0.15) is 11.3 Å². The van der Waals surface area contributed by atoms with Crippen molar-refractivity contribution in [2.45, 2.75) is 0 Å². The Morgan fingerprint density at radius 3 is 2.72 bits per heavy atom. The van der Waals surface area contributed by atoms with Crippen LogP contribution in [0.2, 0.25) is 5.02 Å². The van der Waals surface area contributed by atoms with Gasteiger partial charge in [0.05, 0.1) is 16.3 Å². The topological polar surface area (TPSA) is 55.1 Å². The summed E-state index contributed by atoms with van der Waals surface area (Å²) < 4.78 is 0. The van der Waals surface area contributed by atoms with E-state index in [4.69, 9.17) is 29.6 Å². The molecule has 0 radical (unpaired) electrons. The Balaban J connectivity index is 2.26. The number of thiocarbonyl (C=S) groups is 1. The molecule has 1 aromatic carbocycles. The quantitative estimate of drug-likeness (QED) is 0.855. The van der Waals surface area contributed by atoms with Gasteiger partial charge in [0.15, 0.2) is 0 Å². The molecular formula is C12H9ClN2OS2. The number of nitrogens with two attached hydrogens (primary N) is 1. The number of hydrogen-bond acceptors (Lipinski definition) is 3. The van der Waals surface area contributed by atoms with E-state index in [0.29, 0.717) is 21.8 Å². The van der Waals surface area contributed by atoms with E-state index in [-0.39, 0.29) is 10.9 Å². The summed E-state index contributed by atoms with van der Waals surface area (Å²) in [6.45, 7) is 0. The van der Waals surface area contributed by atoms with Crippen LogP contribution in [-0.4, -0.2) is 10.9 Å². The summed E-state index contributed by atoms with van der Waals surface area (Å²) in [7, 11) is 0. The van der Waals surface area contributed by atoms with Gasteiger partial charge in [-0.1, -0.05) is 29.9 Å². The van der Waals surface area contributed by atoms with Crippen LogP contribution >= 0.6 is 35.2 Å². The first-order valence-corrected chi connectivity index (χ1v) is 6.74. The van der Waals surface area contributed by atoms with Crippen molar-refractivity contribution in [1.29, 1.82) is 0 Å². The van der Waals surface area contributed by atoms with Crippen LogP contribution in [0, 0.1) is 0 Å². The molecule has 2 rings (SSSR count). The molecule has 0 atom stereocenters. The Labute approximate surface area is 119 Å². The molecule has 0 spiro atoms. The number of carbonyl (C=O) groups is 1. The lowest BCUT2D eigenvalue weighted by molar-refractivity contribution is 0.102. The van der Waals surface area contributed by atoms with Gasteiger partial charge < -0.3 is 11.1 Å². The average Bonchev–Trinajstić information content (AvgIpc) is 2.85. The molecule has 3 nitrogen and oxygen atoms in total. The SMILES string of the molecule is NC(=S)c1ccc(Cl)c(NC(=O)c2ccsc2)c1. The van der Waals surface area contributed by atoms with Gasteiger partial charge in [0.1, 0.15) is 4.99 Å². The van der Waals surface area contributed by atoms with Crippen molar-refractivity contribution in [3.05, 3.63) is 51.2 Å². The molecule has 1 aromatic heterocycles. The van der Waals surface area contributed by atoms with Gasteiger partial charge in [0.2, 0.25) is 0 Å². The van der Waals surface area contributed by atoms with E-state index in [1.165, 1.54) is 11.3 Å². The predicted octanol–water partition coefficient (Wildman–Crippen LogP) is 3.29. The Bertz CT molecular complexity index is 596. The molecule has 1 heterocycles. The molecule has 0 unspecified atom stereocenters. The fourth-order valence-corrected chi connectivity index (χ4v) is 2.29. The van der Waals surface area contributed by atoms with E-state index < -0.39 is 0 Å². The zero-order chi connectivity index (χ0) is 13.1. The largest absolute Gasteiger partial charge is 0.389 e. The number of thiophene rings is 1. The molecule has 0 saturated carbocycles. The lowest BCUT2D eigenvalue weighted by Gasteiger charge is -2.08. The first-order valence-electron chi connectivity index (χ1n) is 5.01. The number of anilines is 1. The lowest BCUT2D eigenvalue weighted by atomic mass is 10.2. The zero-order valence-electron chi connectivity index (χ0n) is 9.14. The van der Waals surface area contributed by atoms with Gasteiger partial charge >= 0.3 is 0 Å². The van der Waals surface area contributed by atoms with Crippen LogP contribution in [0.15, 0.2) is 35.0 Å². The highest BCUT2D eigenvalue weighted by molar-refractivity contribution is 7.80. The summed E-state index contributed by atoms with van der Waals surface area (Å²) in [5.41, 5.74) is 7.29. The number of benzene rings is 1. The third-order valence-corrected chi connectivity index (χ3v) is 3.53. The van der Waals surface area contributed by atoms with E-state index in [9.17, 15) is 4.79 Å². The number of amides is 1. The van der Waals surface area contributed by atoms with E-state index in [1.807, 2.05) is 5.38 Å². The van der Waals surface area contributed by atoms with Gasteiger partial charge in [-0.3, -0.25) is 4.79 Å². The number of halogens is 1. The predicted molar refractivity (Wildman–Crippen MR) is 79.6 cm³/mol. The van der Waals surface area contributed by atoms with Crippen LogP contribution in [0.25, 0.3) is 0 Å². The van der Waals surface area contributed by atoms with Crippen molar-refractivity contribution < 1.29 is 4.79 Å². The van der Waals surface area contributed by atoms with Gasteiger partial charge in [-0.05, 0) is 23.6 Å². The highest BCUT2D eigenvalue weighted by Crippen LogP contribution is 2.24. The number of nitrogens with one attached hydrogen (secondary N) is 1. The van der Waals surface area contributed by atoms with Crippen molar-refractivity contribution >= 4 is 51.7 Å². The van der Waals surface area contributed by atoms with Crippen molar-refractivity contribution in [3.8, 4) is 0 Å². The molecule has 0 fully saturated rings. The summed E-state index contributed by atoms with van der Waals surface area (Å²) >= 11 is 12.3. The second-order valence-electron chi connectivity index (χ2n) is 3.53. The highest BCUT2D eigenvalue weighted by atomic mass is 35.5. The summed E-state index contributed by atoms with van der Waals surface area (Å²) in [4.78, 5) is 12.1. The zero-order valence-corrected chi connectivity index (χ0v) is 11.5. The van der Waals surface area contributed by atoms with E-state index in [2.05, 4.69) is 5.32 Å². The number of rotatable bonds is 3. The molecule has 3 N–H and O–H groups in total. The molecule has 0 aliphatic carbocycles. The maximum absolute atomic E-state index is 11.9. The smallest absolute Gasteiger partial charge is 0.256 e. The maximum atomic E-state index is 11.9. The second-order valence-corrected chi connectivity index (χ2v) is 5.15. The number of hydrogen-bond donors (Lipinski definition) is 2. The summed E-state index contributed by atoms with van der Waals surface area (Å²) in [6.07, 6.45) is 0. The minimum atomic E-state index is -0.210. The third kappa shape index (κ3) is 2.87. The van der Waals surface area contributed by atoms with E-state index in [1.54, 1.807) is 29.6 Å². The molecule has 2 aromatic rings. The van der Waals surface area contributed by atoms with Gasteiger partial charge in [0.25, 0.3) is 5.91 Å². The maximum Gasteiger partial charge on any atom is 0.256 e. The second kappa shape index (κ2) is 5.48. The first kappa shape index (κ1) is 13.0. The van der Waals surface area contributed by atoms with Crippen LogP contribution < -0.4 is 11.1 Å². The lowest BCUT2D eigenvalue weighted by Crippen LogP contribution is -2.13. The van der Waals surface area contributed by atoms with Crippen LogP contribution in [-0.2, 0) is 0 Å². The molecule has 6 heteroatoms. The fourth-order valence-electron chi connectivity index (χ4n) is 1.36. The monoisotopic (exact) mass is 296 g/mol. The normalized spacial score (nSPS) is 10.1. The van der Waals surface area contributed by atoms with Crippen molar-refractivity contribution in [1.82, 2.24) is 0 Å². The highest BCUT2D eigenvalue weighted by Gasteiger charge is 2.10. The Hall–Kier alpha value is -1.43. The fraction of sp³-hybridized carbons (Fsp3) is 0. The van der Waals surface area contributed by atoms with E-state index >= 15 is 0 Å². The molecule has 0 aliphatic rings. The molecule has 0 saturated heterocycles. The van der Waals surface area contributed by atoms with Crippen LogP contribution in [0.4, 0.5) is 5.69 Å². The van der Waals surface area contributed by atoms with E-state index in [0.717, 1.165) is 0 Å². The average molecular weight is 297 g/mol. The first-order chi connectivity index (χ1) is 8.58. The minimum absolute atomic E-state index is 0.210. The minimum Gasteiger partial charge on any atom is -0.389 e. The number of carbonyl (C=O) groups excluding carboxylic acids is 1. The van der Waals surface area contributed by atoms with Crippen LogP contribution in [0.5, 0.6) is 0 Å². The van der Waals surface area contributed by atoms with Crippen molar-refractivity contribution in [2.24, 2.45) is 5.73 Å². The molecule has 0 bridgehead atoms. The Morgan fingerprint density at radius 2 is 2.11 bits per heavy atom. The van der Waals surface area contributed by atoms with Gasteiger partial charge in [-0.25, -0.2) is 0 Å². The third-order valence-electron chi connectivity index (χ3n) is 2.28. The molecule has 1 amide bonds. The summed E-state index contributed by atoms with van der Waals surface area (Å²) in [5.74, 6) is -0.210. The molecule has 92 valence electrons. The Morgan fingerprint density at radius 1 is 1.33 bits per heavy atom. The van der Waals surface area contributed by atoms with Crippen LogP contribution in [0.3, 0.4) is 0 Å². The van der Waals surface area contributed by atoms with Crippen molar-refractivity contribution in [2.75, 3.05) is 5.32 Å². The van der Waals surface area contributed by atoms with Gasteiger partial charge in [0, 0.05) is 10.9 Å². The standard InChI is InChI=1S/C12H9ClN2OS2/c13-9-2-1-7(11(14)17)5-10(9)15-12(16)8-3-4-18-6-8/h1-6H,(H2,14,17)(H,15,16). The summed E-state index contributed by atoms with van der Waals surface area (Å²) in [5, 5.41) is 6.77. The Kier molecular flexibility index (Phi) is 3.96.